The van der Waals surface area contributed by atoms with Crippen molar-refractivity contribution in [3.8, 4) is 56.7 Å². The van der Waals surface area contributed by atoms with E-state index in [1.807, 2.05) is 0 Å². The summed E-state index contributed by atoms with van der Waals surface area (Å²) in [6.07, 6.45) is 0. The van der Waals surface area contributed by atoms with E-state index in [9.17, 15) is 0 Å². The van der Waals surface area contributed by atoms with E-state index in [4.69, 9.17) is 9.97 Å². The van der Waals surface area contributed by atoms with Crippen LogP contribution in [-0.2, 0) is 0 Å². The van der Waals surface area contributed by atoms with Gasteiger partial charge in [-0.1, -0.05) is 194 Å². The molecule has 5 heterocycles. The Morgan fingerprint density at radius 2 is 0.477 bits per heavy atom. The molecule has 0 spiro atoms. The molecular weight excluding hydrogens is 1070 g/mol. The largest absolute Gasteiger partial charge is 0.309 e. The van der Waals surface area contributed by atoms with Crippen molar-refractivity contribution in [3.05, 3.63) is 303 Å². The van der Waals surface area contributed by atoms with Gasteiger partial charge in [0.25, 0.3) is 0 Å². The van der Waals surface area contributed by atoms with Crippen molar-refractivity contribution in [2.75, 3.05) is 0 Å². The van der Waals surface area contributed by atoms with Gasteiger partial charge in [-0.15, -0.1) is 0 Å². The van der Waals surface area contributed by atoms with Gasteiger partial charge in [-0.3, -0.25) is 9.13 Å². The second-order valence-corrected chi connectivity index (χ2v) is 23.3. The van der Waals surface area contributed by atoms with Crippen molar-refractivity contribution in [1.82, 2.24) is 28.2 Å². The number of hydrogen-bond donors (Lipinski definition) is 0. The lowest BCUT2D eigenvalue weighted by Crippen LogP contribution is -2.07. The van der Waals surface area contributed by atoms with Crippen molar-refractivity contribution in [3.63, 3.8) is 0 Å². The van der Waals surface area contributed by atoms with Crippen LogP contribution < -0.4 is 0 Å². The van der Waals surface area contributed by atoms with Gasteiger partial charge in [-0.05, 0) is 158 Å². The highest BCUT2D eigenvalue weighted by Gasteiger charge is 2.23. The molecule has 0 amide bonds. The molecule has 0 saturated carbocycles. The van der Waals surface area contributed by atoms with Gasteiger partial charge >= 0.3 is 0 Å². The quantitative estimate of drug-likeness (QED) is 0.149. The molecule has 6 heteroatoms. The fourth-order valence-electron chi connectivity index (χ4n) is 14.6. The Kier molecular flexibility index (Phi) is 10.4. The van der Waals surface area contributed by atoms with E-state index in [2.05, 4.69) is 322 Å². The molecule has 0 bridgehead atoms. The fraction of sp³-hybridized carbons (Fsp3) is 0. The lowest BCUT2D eigenvalue weighted by molar-refractivity contribution is 0.952. The smallest absolute Gasteiger partial charge is 0.237 e. The van der Waals surface area contributed by atoms with Crippen LogP contribution in [0.4, 0.5) is 0 Å². The highest BCUT2D eigenvalue weighted by Crippen LogP contribution is 2.43. The maximum Gasteiger partial charge on any atom is 0.237 e. The summed E-state index contributed by atoms with van der Waals surface area (Å²) in [6, 6.07) is 111. The highest BCUT2D eigenvalue weighted by molar-refractivity contribution is 6.26. The zero-order valence-corrected chi connectivity index (χ0v) is 47.6. The third-order valence-corrected chi connectivity index (χ3v) is 18.6. The summed E-state index contributed by atoms with van der Waals surface area (Å²) in [4.78, 5) is 11.4. The van der Waals surface area contributed by atoms with Gasteiger partial charge in [-0.25, -0.2) is 4.98 Å². The third kappa shape index (κ3) is 7.17. The SMILES string of the molecule is c1ccc(-n2c3ccccc3c3cc(-c4ccc5c(c4)c4ccccc4n5-c4cc(-c5ccc6c7ccccc7c7ccccc7c6c5)nc(-n5c6ccccc6c6cc(-c7ccc8c(c7)c7ccccc7n8-c7ccccc7)ccc65)n4)ccc32)cc1. The minimum atomic E-state index is 0.593. The Morgan fingerprint density at radius 3 is 0.909 bits per heavy atom. The number of para-hydroxylation sites is 6. The third-order valence-electron chi connectivity index (χ3n) is 18.6. The van der Waals surface area contributed by atoms with E-state index in [-0.39, 0.29) is 0 Å². The number of nitrogens with zero attached hydrogens (tertiary/aromatic N) is 6. The normalized spacial score (nSPS) is 12.1. The first-order valence-electron chi connectivity index (χ1n) is 30.1. The Labute approximate surface area is 504 Å². The van der Waals surface area contributed by atoms with Crippen LogP contribution in [0, 0.1) is 0 Å². The second-order valence-electron chi connectivity index (χ2n) is 23.3. The number of fused-ring (bicyclic) bond motifs is 18. The first-order chi connectivity index (χ1) is 43.6. The number of benzene rings is 14. The average Bonchev–Trinajstić information content (AvgIpc) is 2.36. The predicted molar refractivity (Wildman–Crippen MR) is 368 cm³/mol. The van der Waals surface area contributed by atoms with Gasteiger partial charge in [0.05, 0.1) is 49.8 Å². The molecule has 14 aromatic carbocycles. The van der Waals surface area contributed by atoms with E-state index in [0.29, 0.717) is 5.95 Å². The molecule has 0 aliphatic heterocycles. The Balaban J connectivity index is 0.817. The summed E-state index contributed by atoms with van der Waals surface area (Å²) in [7, 11) is 0. The first-order valence-corrected chi connectivity index (χ1v) is 30.1. The van der Waals surface area contributed by atoms with Crippen LogP contribution in [0.15, 0.2) is 303 Å². The molecule has 5 aromatic heterocycles. The number of hydrogen-bond acceptors (Lipinski definition) is 2. The molecule has 19 rings (SSSR count). The van der Waals surface area contributed by atoms with Crippen LogP contribution in [0.2, 0.25) is 0 Å². The van der Waals surface area contributed by atoms with E-state index in [0.717, 1.165) is 94.3 Å². The summed E-state index contributed by atoms with van der Waals surface area (Å²) in [5.74, 6) is 1.37. The minimum absolute atomic E-state index is 0.593. The Morgan fingerprint density at radius 1 is 0.182 bits per heavy atom. The van der Waals surface area contributed by atoms with Gasteiger partial charge in [0.15, 0.2) is 0 Å². The fourth-order valence-corrected chi connectivity index (χ4v) is 14.6. The van der Waals surface area contributed by atoms with Gasteiger partial charge in [0, 0.05) is 66.1 Å². The molecular formula is C82H50N6. The molecule has 0 N–H and O–H groups in total. The van der Waals surface area contributed by atoms with Crippen molar-refractivity contribution in [2.24, 2.45) is 0 Å². The minimum Gasteiger partial charge on any atom is -0.309 e. The van der Waals surface area contributed by atoms with Crippen LogP contribution in [0.5, 0.6) is 0 Å². The topological polar surface area (TPSA) is 45.5 Å². The molecule has 0 unspecified atom stereocenters. The van der Waals surface area contributed by atoms with Gasteiger partial charge < -0.3 is 9.13 Å². The summed E-state index contributed by atoms with van der Waals surface area (Å²) >= 11 is 0. The van der Waals surface area contributed by atoms with Crippen molar-refractivity contribution in [2.45, 2.75) is 0 Å². The molecule has 0 radical (unpaired) electrons. The standard InChI is InChI=1S/C82H50N6/c1-3-19-56(20-4-1)85-73-31-15-11-27-63(73)68-45-51(36-41-77(68)85)53-38-43-79-70(47-53)65-29-13-17-33-75(65)87(79)81-50-72(55-35-40-62-60-25-8-7-23-58(60)59-24-9-10-26-61(59)67(62)49-55)83-82(84-81)88-76-34-18-14-30-66(76)71-48-54(39-44-80(71)88)52-37-42-78-69(46-52)64-28-12-16-32-74(64)86(78)57-21-5-2-6-22-57/h1-50H. The van der Waals surface area contributed by atoms with Crippen molar-refractivity contribution >= 4 is 120 Å². The second kappa shape index (κ2) is 18.8. The number of rotatable bonds is 7. The molecule has 0 atom stereocenters. The maximum atomic E-state index is 5.75. The van der Waals surface area contributed by atoms with Crippen molar-refractivity contribution < 1.29 is 0 Å². The van der Waals surface area contributed by atoms with E-state index in [1.54, 1.807) is 0 Å². The summed E-state index contributed by atoms with van der Waals surface area (Å²) in [5.41, 5.74) is 17.7. The van der Waals surface area contributed by atoms with Crippen LogP contribution in [0.1, 0.15) is 0 Å². The monoisotopic (exact) mass is 1120 g/mol. The summed E-state index contributed by atoms with van der Waals surface area (Å²) in [6.45, 7) is 0. The van der Waals surface area contributed by atoms with Gasteiger partial charge in [-0.2, -0.15) is 4.98 Å². The summed E-state index contributed by atoms with van der Waals surface area (Å²) < 4.78 is 9.38. The van der Waals surface area contributed by atoms with E-state index in [1.165, 1.54) is 75.9 Å². The zero-order valence-electron chi connectivity index (χ0n) is 47.6. The molecule has 0 saturated heterocycles. The molecule has 19 aromatic rings. The molecule has 408 valence electrons. The first kappa shape index (κ1) is 48.5. The Hall–Kier alpha value is -11.9. The molecule has 0 fully saturated rings. The molecule has 0 aliphatic rings. The zero-order chi connectivity index (χ0) is 57.6. The van der Waals surface area contributed by atoms with E-state index < -0.39 is 0 Å². The lowest BCUT2D eigenvalue weighted by atomic mass is 9.93. The Bertz CT molecular complexity index is 5790. The maximum absolute atomic E-state index is 5.75. The highest BCUT2D eigenvalue weighted by atomic mass is 15.2. The van der Waals surface area contributed by atoms with Gasteiger partial charge in [0.2, 0.25) is 5.95 Å². The van der Waals surface area contributed by atoms with E-state index >= 15 is 0 Å². The van der Waals surface area contributed by atoms with Crippen LogP contribution >= 0.6 is 0 Å². The van der Waals surface area contributed by atoms with Crippen LogP contribution in [-0.4, -0.2) is 28.2 Å². The van der Waals surface area contributed by atoms with Crippen LogP contribution in [0.3, 0.4) is 0 Å². The average molecular weight is 1120 g/mol. The number of aromatic nitrogens is 6. The van der Waals surface area contributed by atoms with Crippen molar-refractivity contribution in [1.29, 1.82) is 0 Å². The van der Waals surface area contributed by atoms with Gasteiger partial charge in [0.1, 0.15) is 5.82 Å². The van der Waals surface area contributed by atoms with Crippen LogP contribution in [0.25, 0.3) is 176 Å². The summed E-state index contributed by atoms with van der Waals surface area (Å²) in [5, 5.41) is 16.8. The molecule has 6 nitrogen and oxygen atoms in total. The molecule has 0 aliphatic carbocycles. The molecule has 88 heavy (non-hydrogen) atoms. The predicted octanol–water partition coefficient (Wildman–Crippen LogP) is 21.3. The lowest BCUT2D eigenvalue weighted by Gasteiger charge is -2.15.